The molecule has 0 aliphatic rings. The van der Waals surface area contributed by atoms with Crippen molar-refractivity contribution < 1.29 is 14.6 Å². The number of nitrogen functional groups attached to an aromatic ring is 1. The van der Waals surface area contributed by atoms with Crippen LogP contribution in [0.2, 0.25) is 0 Å². The first-order valence-corrected chi connectivity index (χ1v) is 6.85. The number of hydrogen-bond acceptors (Lipinski definition) is 5. The van der Waals surface area contributed by atoms with Crippen molar-refractivity contribution in [2.75, 3.05) is 12.3 Å². The molecular weight excluding hydrogens is 268 g/mol. The van der Waals surface area contributed by atoms with E-state index < -0.39 is 0 Å². The van der Waals surface area contributed by atoms with Crippen LogP contribution in [0.4, 0.5) is 5.69 Å². The topological polar surface area (TPSA) is 77.6 Å². The zero-order chi connectivity index (χ0) is 15.2. The van der Waals surface area contributed by atoms with Gasteiger partial charge in [0.2, 0.25) is 11.8 Å². The van der Waals surface area contributed by atoms with E-state index in [0.717, 1.165) is 5.56 Å². The van der Waals surface area contributed by atoms with Gasteiger partial charge < -0.3 is 20.3 Å². The zero-order valence-corrected chi connectivity index (χ0v) is 12.2. The van der Waals surface area contributed by atoms with Crippen molar-refractivity contribution in [1.82, 2.24) is 4.98 Å². The molecule has 112 valence electrons. The molecule has 1 heterocycles. The van der Waals surface area contributed by atoms with E-state index >= 15 is 0 Å². The van der Waals surface area contributed by atoms with Gasteiger partial charge in [0.15, 0.2) is 0 Å². The number of aliphatic hydroxyl groups excluding tert-OH is 1. The van der Waals surface area contributed by atoms with Crippen LogP contribution in [0, 0.1) is 5.92 Å². The number of rotatable bonds is 6. The third-order valence-corrected chi connectivity index (χ3v) is 2.75. The van der Waals surface area contributed by atoms with Crippen molar-refractivity contribution in [3.63, 3.8) is 0 Å². The Labute approximate surface area is 124 Å². The summed E-state index contributed by atoms with van der Waals surface area (Å²) >= 11 is 0. The van der Waals surface area contributed by atoms with Crippen molar-refractivity contribution in [2.24, 2.45) is 5.92 Å². The van der Waals surface area contributed by atoms with E-state index in [2.05, 4.69) is 18.8 Å². The standard InChI is InChI=1S/C16H20N2O3/c1-11(2)10-20-16-14(17)7-8-15(18-16)21-13-5-3-12(9-19)4-6-13/h3-8,11,19H,9-10,17H2,1-2H3. The highest BCUT2D eigenvalue weighted by atomic mass is 16.5. The van der Waals surface area contributed by atoms with Gasteiger partial charge in [-0.1, -0.05) is 26.0 Å². The largest absolute Gasteiger partial charge is 0.476 e. The molecule has 0 fully saturated rings. The first kappa shape index (κ1) is 15.1. The predicted molar refractivity (Wildman–Crippen MR) is 81.4 cm³/mol. The minimum atomic E-state index is 0.00753. The summed E-state index contributed by atoms with van der Waals surface area (Å²) in [6, 6.07) is 10.5. The SMILES string of the molecule is CC(C)COc1nc(Oc2ccc(CO)cc2)ccc1N. The molecule has 0 aliphatic carbocycles. The van der Waals surface area contributed by atoms with Crippen molar-refractivity contribution in [3.8, 4) is 17.5 Å². The van der Waals surface area contributed by atoms with Crippen LogP contribution in [0.15, 0.2) is 36.4 Å². The molecule has 0 saturated heterocycles. The highest BCUT2D eigenvalue weighted by Crippen LogP contribution is 2.26. The Bertz CT molecular complexity index is 583. The number of nitrogens with zero attached hydrogens (tertiary/aromatic N) is 1. The Balaban J connectivity index is 2.10. The Morgan fingerprint density at radius 3 is 2.48 bits per heavy atom. The van der Waals surface area contributed by atoms with E-state index in [1.807, 2.05) is 0 Å². The van der Waals surface area contributed by atoms with Gasteiger partial charge in [0, 0.05) is 6.07 Å². The summed E-state index contributed by atoms with van der Waals surface area (Å²) in [5.74, 6) is 1.83. The molecule has 2 rings (SSSR count). The first-order valence-electron chi connectivity index (χ1n) is 6.85. The summed E-state index contributed by atoms with van der Waals surface area (Å²) in [4.78, 5) is 4.26. The van der Waals surface area contributed by atoms with Crippen LogP contribution in [0.5, 0.6) is 17.5 Å². The minimum absolute atomic E-state index is 0.00753. The molecule has 3 N–H and O–H groups in total. The second-order valence-electron chi connectivity index (χ2n) is 5.15. The lowest BCUT2D eigenvalue weighted by Crippen LogP contribution is -2.07. The van der Waals surface area contributed by atoms with Gasteiger partial charge in [-0.15, -0.1) is 0 Å². The lowest BCUT2D eigenvalue weighted by molar-refractivity contribution is 0.260. The fraction of sp³-hybridized carbons (Fsp3) is 0.312. The molecule has 21 heavy (non-hydrogen) atoms. The summed E-state index contributed by atoms with van der Waals surface area (Å²) in [7, 11) is 0. The van der Waals surface area contributed by atoms with Crippen LogP contribution in [0.25, 0.3) is 0 Å². The van der Waals surface area contributed by atoms with Crippen LogP contribution >= 0.6 is 0 Å². The van der Waals surface area contributed by atoms with Crippen LogP contribution in [-0.4, -0.2) is 16.7 Å². The molecule has 1 aromatic carbocycles. The number of hydrogen-bond donors (Lipinski definition) is 2. The number of aliphatic hydroxyl groups is 1. The molecule has 0 bridgehead atoms. The van der Waals surface area contributed by atoms with Crippen molar-refractivity contribution in [1.29, 1.82) is 0 Å². The Morgan fingerprint density at radius 1 is 1.14 bits per heavy atom. The molecule has 5 nitrogen and oxygen atoms in total. The summed E-state index contributed by atoms with van der Waals surface area (Å²) in [5, 5.41) is 9.01. The van der Waals surface area contributed by atoms with E-state index in [0.29, 0.717) is 35.7 Å². The molecule has 0 unspecified atom stereocenters. The number of aromatic nitrogens is 1. The van der Waals surface area contributed by atoms with E-state index in [1.54, 1.807) is 36.4 Å². The third kappa shape index (κ3) is 4.36. The average Bonchev–Trinajstić information content (AvgIpc) is 2.48. The highest BCUT2D eigenvalue weighted by molar-refractivity contribution is 5.49. The Morgan fingerprint density at radius 2 is 1.86 bits per heavy atom. The number of ether oxygens (including phenoxy) is 2. The Hall–Kier alpha value is -2.27. The van der Waals surface area contributed by atoms with Gasteiger partial charge in [0.1, 0.15) is 5.75 Å². The lowest BCUT2D eigenvalue weighted by atomic mass is 10.2. The van der Waals surface area contributed by atoms with Gasteiger partial charge >= 0.3 is 0 Å². The minimum Gasteiger partial charge on any atom is -0.476 e. The normalized spacial score (nSPS) is 10.7. The second-order valence-corrected chi connectivity index (χ2v) is 5.15. The second kappa shape index (κ2) is 6.95. The van der Waals surface area contributed by atoms with Crippen LogP contribution < -0.4 is 15.2 Å². The molecule has 0 amide bonds. The quantitative estimate of drug-likeness (QED) is 0.854. The van der Waals surface area contributed by atoms with Crippen molar-refractivity contribution in [3.05, 3.63) is 42.0 Å². The molecule has 0 radical (unpaired) electrons. The van der Waals surface area contributed by atoms with E-state index in [-0.39, 0.29) is 6.61 Å². The van der Waals surface area contributed by atoms with Gasteiger partial charge in [-0.2, -0.15) is 4.98 Å². The summed E-state index contributed by atoms with van der Waals surface area (Å²) in [6.45, 7) is 4.66. The van der Waals surface area contributed by atoms with Crippen LogP contribution in [0.3, 0.4) is 0 Å². The number of anilines is 1. The monoisotopic (exact) mass is 288 g/mol. The molecule has 0 spiro atoms. The molecule has 0 aliphatic heterocycles. The van der Waals surface area contributed by atoms with Crippen LogP contribution in [-0.2, 0) is 6.61 Å². The first-order chi connectivity index (χ1) is 10.1. The fourth-order valence-electron chi connectivity index (χ4n) is 1.64. The van der Waals surface area contributed by atoms with Gasteiger partial charge in [-0.3, -0.25) is 0 Å². The van der Waals surface area contributed by atoms with E-state index in [4.69, 9.17) is 20.3 Å². The summed E-state index contributed by atoms with van der Waals surface area (Å²) in [5.41, 5.74) is 7.15. The molecule has 1 aromatic heterocycles. The molecule has 0 atom stereocenters. The average molecular weight is 288 g/mol. The molecule has 5 heteroatoms. The van der Waals surface area contributed by atoms with Crippen LogP contribution in [0.1, 0.15) is 19.4 Å². The van der Waals surface area contributed by atoms with E-state index in [9.17, 15) is 0 Å². The predicted octanol–water partition coefficient (Wildman–Crippen LogP) is 2.98. The number of nitrogens with two attached hydrogens (primary N) is 1. The maximum Gasteiger partial charge on any atom is 0.240 e. The maximum absolute atomic E-state index is 9.01. The lowest BCUT2D eigenvalue weighted by Gasteiger charge is -2.11. The van der Waals surface area contributed by atoms with Crippen molar-refractivity contribution >= 4 is 5.69 Å². The zero-order valence-electron chi connectivity index (χ0n) is 12.2. The smallest absolute Gasteiger partial charge is 0.240 e. The van der Waals surface area contributed by atoms with E-state index in [1.165, 1.54) is 0 Å². The fourth-order valence-corrected chi connectivity index (χ4v) is 1.64. The number of benzene rings is 1. The van der Waals surface area contributed by atoms with Gasteiger partial charge in [-0.05, 0) is 29.7 Å². The molecule has 0 saturated carbocycles. The van der Waals surface area contributed by atoms with Crippen molar-refractivity contribution in [2.45, 2.75) is 20.5 Å². The maximum atomic E-state index is 9.01. The Kier molecular flexibility index (Phi) is 5.00. The van der Waals surface area contributed by atoms with Gasteiger partial charge in [0.05, 0.1) is 18.9 Å². The number of pyridine rings is 1. The molecular formula is C16H20N2O3. The summed E-state index contributed by atoms with van der Waals surface area (Å²) < 4.78 is 11.2. The third-order valence-electron chi connectivity index (χ3n) is 2.75. The van der Waals surface area contributed by atoms with Gasteiger partial charge in [0.25, 0.3) is 0 Å². The van der Waals surface area contributed by atoms with Gasteiger partial charge in [-0.25, -0.2) is 0 Å². The summed E-state index contributed by atoms with van der Waals surface area (Å²) in [6.07, 6.45) is 0. The molecule has 2 aromatic rings. The highest BCUT2D eigenvalue weighted by Gasteiger charge is 2.07.